The van der Waals surface area contributed by atoms with Crippen molar-refractivity contribution in [2.45, 2.75) is 58.8 Å². The maximum absolute atomic E-state index is 4.46. The number of nitrogens with one attached hydrogen (secondary N) is 2. The third kappa shape index (κ3) is 3.90. The van der Waals surface area contributed by atoms with Gasteiger partial charge in [-0.25, -0.2) is 4.98 Å². The highest BCUT2D eigenvalue weighted by Crippen LogP contribution is 2.40. The van der Waals surface area contributed by atoms with E-state index in [1.54, 1.807) is 0 Å². The van der Waals surface area contributed by atoms with Crippen LogP contribution in [0.5, 0.6) is 0 Å². The molecule has 1 saturated heterocycles. The molecular weight excluding hydrogens is 432 g/mol. The fraction of sp³-hybridized carbons (Fsp3) is 0.414. The van der Waals surface area contributed by atoms with Crippen LogP contribution in [-0.2, 0) is 0 Å². The van der Waals surface area contributed by atoms with E-state index in [4.69, 9.17) is 0 Å². The minimum atomic E-state index is 0.399. The molecule has 4 aromatic rings. The maximum atomic E-state index is 4.46. The van der Waals surface area contributed by atoms with Gasteiger partial charge in [-0.15, -0.1) is 0 Å². The van der Waals surface area contributed by atoms with Crippen LogP contribution in [-0.4, -0.2) is 50.9 Å². The van der Waals surface area contributed by atoms with Crippen molar-refractivity contribution in [3.8, 4) is 11.3 Å². The number of hydrogen-bond acceptors (Lipinski definition) is 4. The number of rotatable bonds is 5. The zero-order chi connectivity index (χ0) is 24.1. The number of H-pyrrole nitrogens is 2. The molecule has 2 aliphatic rings. The number of aromatic nitrogens is 4. The number of nitrogens with zero attached hydrogens (tertiary/aromatic N) is 4. The Kier molecular flexibility index (Phi) is 5.56. The van der Waals surface area contributed by atoms with Crippen LogP contribution in [0.2, 0.25) is 0 Å². The lowest BCUT2D eigenvalue weighted by Gasteiger charge is -2.32. The van der Waals surface area contributed by atoms with E-state index >= 15 is 0 Å². The van der Waals surface area contributed by atoms with Crippen molar-refractivity contribution in [1.29, 1.82) is 0 Å². The predicted octanol–water partition coefficient (Wildman–Crippen LogP) is 6.47. The number of pyridine rings is 1. The van der Waals surface area contributed by atoms with Crippen molar-refractivity contribution in [1.82, 2.24) is 25.1 Å². The van der Waals surface area contributed by atoms with E-state index in [1.165, 1.54) is 57.4 Å². The molecule has 1 aromatic carbocycles. The van der Waals surface area contributed by atoms with Gasteiger partial charge in [-0.1, -0.05) is 19.9 Å². The van der Waals surface area contributed by atoms with Gasteiger partial charge >= 0.3 is 0 Å². The molecule has 0 saturated carbocycles. The van der Waals surface area contributed by atoms with Crippen molar-refractivity contribution in [3.63, 3.8) is 0 Å². The smallest absolute Gasteiger partial charge is 0.181 e. The number of likely N-dealkylation sites (tertiary alicyclic amines) is 1. The van der Waals surface area contributed by atoms with Gasteiger partial charge in [-0.3, -0.25) is 15.0 Å². The van der Waals surface area contributed by atoms with E-state index in [1.807, 2.05) is 6.20 Å². The second-order valence-corrected chi connectivity index (χ2v) is 10.5. The lowest BCUT2D eigenvalue weighted by atomic mass is 9.87. The van der Waals surface area contributed by atoms with Crippen molar-refractivity contribution in [3.05, 3.63) is 58.6 Å². The first-order valence-corrected chi connectivity index (χ1v) is 12.9. The molecule has 0 unspecified atom stereocenters. The summed E-state index contributed by atoms with van der Waals surface area (Å²) in [5.74, 6) is 1.02. The molecule has 180 valence electrons. The third-order valence-electron chi connectivity index (χ3n) is 7.95. The highest BCUT2D eigenvalue weighted by atomic mass is 15.1. The second-order valence-electron chi connectivity index (χ2n) is 10.5. The Morgan fingerprint density at radius 1 is 1.11 bits per heavy atom. The summed E-state index contributed by atoms with van der Waals surface area (Å²) in [6, 6.07) is 9.21. The summed E-state index contributed by atoms with van der Waals surface area (Å²) in [5, 5.41) is 9.95. The van der Waals surface area contributed by atoms with Gasteiger partial charge < -0.3 is 4.98 Å². The lowest BCUT2D eigenvalue weighted by molar-refractivity contribution is 0.227. The van der Waals surface area contributed by atoms with Crippen LogP contribution in [0.15, 0.2) is 46.7 Å². The number of allylic oxidation sites excluding steroid dienone is 1. The summed E-state index contributed by atoms with van der Waals surface area (Å²) in [4.78, 5) is 15.3. The first-order chi connectivity index (χ1) is 17.0. The van der Waals surface area contributed by atoms with Crippen molar-refractivity contribution in [2.75, 3.05) is 19.6 Å². The van der Waals surface area contributed by atoms with Gasteiger partial charge in [-0.2, -0.15) is 5.10 Å². The number of aliphatic imine (C=N–C) groups is 1. The summed E-state index contributed by atoms with van der Waals surface area (Å²) in [7, 11) is 0. The van der Waals surface area contributed by atoms with Gasteiger partial charge in [0, 0.05) is 53.2 Å². The van der Waals surface area contributed by atoms with Crippen LogP contribution in [0.25, 0.3) is 33.2 Å². The second kappa shape index (κ2) is 8.76. The highest BCUT2D eigenvalue weighted by molar-refractivity contribution is 6.00. The van der Waals surface area contributed by atoms with Gasteiger partial charge in [0.1, 0.15) is 0 Å². The van der Waals surface area contributed by atoms with Gasteiger partial charge in [0.25, 0.3) is 0 Å². The molecule has 2 aliphatic heterocycles. The molecule has 0 atom stereocenters. The molecule has 0 bridgehead atoms. The minimum Gasteiger partial charge on any atom is -0.354 e. The van der Waals surface area contributed by atoms with E-state index < -0.39 is 0 Å². The van der Waals surface area contributed by atoms with E-state index in [0.29, 0.717) is 11.8 Å². The normalized spacial score (nSPS) is 17.6. The molecule has 6 heteroatoms. The first-order valence-electron chi connectivity index (χ1n) is 12.9. The highest BCUT2D eigenvalue weighted by Gasteiger charge is 2.24. The lowest BCUT2D eigenvalue weighted by Crippen LogP contribution is -2.34. The van der Waals surface area contributed by atoms with Crippen LogP contribution in [0.3, 0.4) is 0 Å². The Labute approximate surface area is 206 Å². The van der Waals surface area contributed by atoms with Crippen molar-refractivity contribution in [2.24, 2.45) is 4.99 Å². The van der Waals surface area contributed by atoms with Crippen LogP contribution in [0, 0.1) is 6.92 Å². The summed E-state index contributed by atoms with van der Waals surface area (Å²) in [5.41, 5.74) is 11.0. The summed E-state index contributed by atoms with van der Waals surface area (Å²) in [6.45, 7) is 12.2. The Morgan fingerprint density at radius 2 is 1.94 bits per heavy atom. The third-order valence-corrected chi connectivity index (χ3v) is 7.95. The number of fused-ring (bicyclic) bond motifs is 2. The Morgan fingerprint density at radius 3 is 2.69 bits per heavy atom. The number of aryl methyl sites for hydroxylation is 1. The van der Waals surface area contributed by atoms with Crippen LogP contribution >= 0.6 is 0 Å². The monoisotopic (exact) mass is 466 g/mol. The topological polar surface area (TPSA) is 73.0 Å². The Bertz CT molecular complexity index is 1460. The van der Waals surface area contributed by atoms with Crippen LogP contribution in [0.4, 0.5) is 0 Å². The zero-order valence-electron chi connectivity index (χ0n) is 21.2. The van der Waals surface area contributed by atoms with Gasteiger partial charge in [0.15, 0.2) is 5.65 Å². The molecule has 0 spiro atoms. The number of piperidine rings is 1. The van der Waals surface area contributed by atoms with Crippen LogP contribution in [0.1, 0.15) is 68.7 Å². The fourth-order valence-electron chi connectivity index (χ4n) is 6.01. The Hall–Kier alpha value is -3.25. The summed E-state index contributed by atoms with van der Waals surface area (Å²) >= 11 is 0. The molecule has 35 heavy (non-hydrogen) atoms. The van der Waals surface area contributed by atoms with Crippen molar-refractivity contribution < 1.29 is 0 Å². The number of aromatic amines is 2. The zero-order valence-corrected chi connectivity index (χ0v) is 21.2. The number of benzene rings is 1. The molecule has 0 radical (unpaired) electrons. The first kappa shape index (κ1) is 22.2. The molecule has 5 heterocycles. The number of hydrogen-bond donors (Lipinski definition) is 2. The van der Waals surface area contributed by atoms with Crippen molar-refractivity contribution >= 4 is 28.2 Å². The minimum absolute atomic E-state index is 0.399. The van der Waals surface area contributed by atoms with Gasteiger partial charge in [0.05, 0.1) is 11.1 Å². The average molecular weight is 467 g/mol. The average Bonchev–Trinajstić information content (AvgIpc) is 3.56. The fourth-order valence-corrected chi connectivity index (χ4v) is 6.01. The summed E-state index contributed by atoms with van der Waals surface area (Å²) < 4.78 is 0. The van der Waals surface area contributed by atoms with Gasteiger partial charge in [-0.05, 0) is 86.5 Å². The van der Waals surface area contributed by atoms with Gasteiger partial charge in [0.2, 0.25) is 0 Å². The molecule has 0 aliphatic carbocycles. The molecule has 1 fully saturated rings. The van der Waals surface area contributed by atoms with E-state index in [9.17, 15) is 0 Å². The molecule has 6 nitrogen and oxygen atoms in total. The molecular formula is C29H34N6. The SMILES string of the molecule is CC1=C(CN2CCC(c3ccc4[nH]c(-c5ccnc6n[nH]c(C)c56)c(C(C)C)c4c3)CC2)CC=N1. The van der Waals surface area contributed by atoms with E-state index in [-0.39, 0.29) is 0 Å². The maximum Gasteiger partial charge on any atom is 0.181 e. The Balaban J connectivity index is 1.31. The molecule has 6 rings (SSSR count). The quantitative estimate of drug-likeness (QED) is 0.354. The van der Waals surface area contributed by atoms with E-state index in [0.717, 1.165) is 42.8 Å². The molecule has 3 aromatic heterocycles. The van der Waals surface area contributed by atoms with Crippen LogP contribution < -0.4 is 0 Å². The molecule has 2 N–H and O–H groups in total. The largest absolute Gasteiger partial charge is 0.354 e. The summed E-state index contributed by atoms with van der Waals surface area (Å²) in [6.07, 6.45) is 7.37. The molecule has 0 amide bonds. The standard InChI is InChI=1S/C29H34N6/c1-17(2)26-24-15-21(20-9-13-35(14-10-20)16-22-7-11-30-18(22)3)5-6-25(24)32-28(26)23-8-12-31-29-27(23)19(4)33-34-29/h5-6,8,11-12,15,17,20,32H,7,9-10,13-14,16H2,1-4H3,(H,31,33,34). The van der Waals surface area contributed by atoms with E-state index in [2.05, 4.69) is 88.2 Å². The predicted molar refractivity (Wildman–Crippen MR) is 144 cm³/mol.